The summed E-state index contributed by atoms with van der Waals surface area (Å²) in [5.74, 6) is -3.74. The van der Waals surface area contributed by atoms with E-state index in [1.807, 2.05) is 73.5 Å². The number of carbonyl (C=O) groups is 3. The SMILES string of the molecule is CCOc1ccc(NCCCNCCC(=O)N(C)C2CN=C(Nc3ccccc3)NC2)cc1.O=C(O)C(F)(F)F.O=C(O)C(F)(F)F. The van der Waals surface area contributed by atoms with Gasteiger partial charge in [-0.05, 0) is 56.3 Å². The van der Waals surface area contributed by atoms with Gasteiger partial charge in [0.05, 0.1) is 19.2 Å². The number of hydrogen-bond acceptors (Lipinski definition) is 9. The van der Waals surface area contributed by atoms with Crippen molar-refractivity contribution in [3.8, 4) is 5.75 Å². The summed E-state index contributed by atoms with van der Waals surface area (Å²) in [5.41, 5.74) is 2.08. The number of rotatable bonds is 12. The van der Waals surface area contributed by atoms with E-state index in [2.05, 4.69) is 26.3 Å². The van der Waals surface area contributed by atoms with Gasteiger partial charge in [-0.25, -0.2) is 9.59 Å². The summed E-state index contributed by atoms with van der Waals surface area (Å²) < 4.78 is 68.9. The average Bonchev–Trinajstić information content (AvgIpc) is 3.01. The highest BCUT2D eigenvalue weighted by molar-refractivity contribution is 5.94. The fourth-order valence-corrected chi connectivity index (χ4v) is 3.52. The topological polar surface area (TPSA) is 165 Å². The number of guanidine groups is 1. The van der Waals surface area contributed by atoms with Crippen LogP contribution < -0.4 is 26.0 Å². The average molecular weight is 681 g/mol. The maximum atomic E-state index is 12.5. The summed E-state index contributed by atoms with van der Waals surface area (Å²) in [5, 5.41) is 27.6. The summed E-state index contributed by atoms with van der Waals surface area (Å²) in [6, 6.07) is 18.0. The van der Waals surface area contributed by atoms with Gasteiger partial charge in [-0.15, -0.1) is 0 Å². The van der Waals surface area contributed by atoms with Gasteiger partial charge in [-0.1, -0.05) is 18.2 Å². The van der Waals surface area contributed by atoms with Crippen LogP contribution in [0.2, 0.25) is 0 Å². The number of likely N-dealkylation sites (N-methyl/N-ethyl adjacent to an activating group) is 1. The number of carboxylic acids is 2. The van der Waals surface area contributed by atoms with Crippen molar-refractivity contribution in [2.24, 2.45) is 4.99 Å². The Morgan fingerprint density at radius 2 is 1.49 bits per heavy atom. The van der Waals surface area contributed by atoms with Crippen LogP contribution in [0.4, 0.5) is 37.7 Å². The second-order valence-corrected chi connectivity index (χ2v) is 9.56. The first-order chi connectivity index (χ1) is 22.0. The number of nitrogens with one attached hydrogen (secondary N) is 4. The van der Waals surface area contributed by atoms with Crippen molar-refractivity contribution in [2.75, 3.05) is 57.0 Å². The summed E-state index contributed by atoms with van der Waals surface area (Å²) in [6.07, 6.45) is -8.70. The zero-order valence-corrected chi connectivity index (χ0v) is 25.6. The van der Waals surface area contributed by atoms with Crippen LogP contribution in [0.25, 0.3) is 0 Å². The van der Waals surface area contributed by atoms with E-state index in [0.29, 0.717) is 32.7 Å². The number of alkyl halides is 6. The molecule has 0 aliphatic carbocycles. The third-order valence-corrected chi connectivity index (χ3v) is 5.97. The van der Waals surface area contributed by atoms with E-state index in [1.54, 1.807) is 0 Å². The first-order valence-corrected chi connectivity index (χ1v) is 14.2. The van der Waals surface area contributed by atoms with Gasteiger partial charge in [0, 0.05) is 44.5 Å². The number of nitrogens with zero attached hydrogens (tertiary/aromatic N) is 2. The lowest BCUT2D eigenvalue weighted by atomic mass is 10.2. The zero-order valence-electron chi connectivity index (χ0n) is 25.6. The maximum absolute atomic E-state index is 12.5. The van der Waals surface area contributed by atoms with Gasteiger partial charge in [0.15, 0.2) is 5.96 Å². The number of benzene rings is 2. The Bertz CT molecular complexity index is 1240. The predicted molar refractivity (Wildman–Crippen MR) is 163 cm³/mol. The normalized spacial score (nSPS) is 14.0. The summed E-state index contributed by atoms with van der Waals surface area (Å²) in [6.45, 7) is 6.35. The first kappa shape index (κ1) is 40.3. The molecule has 47 heavy (non-hydrogen) atoms. The third kappa shape index (κ3) is 17.5. The highest BCUT2D eigenvalue weighted by Gasteiger charge is 2.38. The van der Waals surface area contributed by atoms with Crippen molar-refractivity contribution in [2.45, 2.75) is 38.2 Å². The summed E-state index contributed by atoms with van der Waals surface area (Å²) in [4.78, 5) is 36.7. The van der Waals surface area contributed by atoms with Gasteiger partial charge in [-0.3, -0.25) is 9.79 Å². The van der Waals surface area contributed by atoms with Crippen molar-refractivity contribution < 1.29 is 55.7 Å². The molecule has 0 fully saturated rings. The molecule has 1 unspecified atom stereocenters. The quantitative estimate of drug-likeness (QED) is 0.143. The molecule has 1 aliphatic heterocycles. The minimum atomic E-state index is -5.08. The Kier molecular flexibility index (Phi) is 17.5. The Labute approximate surface area is 267 Å². The summed E-state index contributed by atoms with van der Waals surface area (Å²) >= 11 is 0. The third-order valence-electron chi connectivity index (χ3n) is 5.97. The largest absolute Gasteiger partial charge is 0.494 e. The lowest BCUT2D eigenvalue weighted by molar-refractivity contribution is -0.193. The van der Waals surface area contributed by atoms with E-state index in [0.717, 1.165) is 42.6 Å². The standard InChI is InChI=1S/C25H36N6O2.2C2HF3O2/c1-3-33-23-12-10-20(11-13-23)27-16-7-15-26-17-14-24(32)31(2)22-18-28-25(29-19-22)30-21-8-5-4-6-9-21;2*3-2(4,5)1(6)7/h4-6,8-13,22,26-27H,3,7,14-19H2,1-2H3,(H2,28,29,30);2*(H,6,7). The number of ether oxygens (including phenoxy) is 1. The molecule has 0 radical (unpaired) electrons. The monoisotopic (exact) mass is 680 g/mol. The molecule has 2 aromatic rings. The van der Waals surface area contributed by atoms with Gasteiger partial charge < -0.3 is 41.1 Å². The van der Waals surface area contributed by atoms with Crippen LogP contribution in [0.3, 0.4) is 0 Å². The molecular formula is C29H38F6N6O6. The Balaban J connectivity index is 0.000000658. The Hall–Kier alpha value is -4.74. The fourth-order valence-electron chi connectivity index (χ4n) is 3.52. The van der Waals surface area contributed by atoms with Crippen molar-refractivity contribution >= 4 is 35.2 Å². The number of aliphatic carboxylic acids is 2. The highest BCUT2D eigenvalue weighted by Crippen LogP contribution is 2.16. The Morgan fingerprint density at radius 1 is 0.915 bits per heavy atom. The number of carboxylic acid groups (broad SMARTS) is 2. The van der Waals surface area contributed by atoms with Crippen molar-refractivity contribution in [3.05, 3.63) is 54.6 Å². The molecule has 0 bridgehead atoms. The van der Waals surface area contributed by atoms with Crippen LogP contribution in [0.5, 0.6) is 5.75 Å². The van der Waals surface area contributed by atoms with Crippen LogP contribution in [-0.2, 0) is 14.4 Å². The molecule has 0 aromatic heterocycles. The minimum Gasteiger partial charge on any atom is -0.494 e. The lowest BCUT2D eigenvalue weighted by Crippen LogP contribution is -2.51. The molecule has 2 aromatic carbocycles. The van der Waals surface area contributed by atoms with Gasteiger partial charge in [-0.2, -0.15) is 26.3 Å². The number of hydrogen-bond donors (Lipinski definition) is 6. The van der Waals surface area contributed by atoms with Crippen LogP contribution in [0.15, 0.2) is 59.6 Å². The molecule has 1 amide bonds. The number of aliphatic imine (C=N–C) groups is 1. The second kappa shape index (κ2) is 20.4. The van der Waals surface area contributed by atoms with E-state index in [9.17, 15) is 31.1 Å². The van der Waals surface area contributed by atoms with E-state index in [4.69, 9.17) is 24.5 Å². The smallest absolute Gasteiger partial charge is 0.490 e. The van der Waals surface area contributed by atoms with E-state index >= 15 is 0 Å². The molecule has 0 saturated carbocycles. The predicted octanol–water partition coefficient (Wildman–Crippen LogP) is 4.03. The highest BCUT2D eigenvalue weighted by atomic mass is 19.4. The van der Waals surface area contributed by atoms with E-state index < -0.39 is 24.3 Å². The van der Waals surface area contributed by atoms with Gasteiger partial charge >= 0.3 is 24.3 Å². The molecule has 1 atom stereocenters. The molecule has 1 heterocycles. The number of anilines is 2. The Morgan fingerprint density at radius 3 is 1.98 bits per heavy atom. The van der Waals surface area contributed by atoms with Crippen LogP contribution in [0.1, 0.15) is 19.8 Å². The van der Waals surface area contributed by atoms with Gasteiger partial charge in [0.2, 0.25) is 5.91 Å². The molecule has 0 spiro atoms. The van der Waals surface area contributed by atoms with Crippen LogP contribution in [0, 0.1) is 0 Å². The summed E-state index contributed by atoms with van der Waals surface area (Å²) in [7, 11) is 1.86. The first-order valence-electron chi connectivity index (χ1n) is 14.2. The van der Waals surface area contributed by atoms with Gasteiger partial charge in [0.1, 0.15) is 5.75 Å². The van der Waals surface area contributed by atoms with Crippen LogP contribution in [-0.4, -0.2) is 104 Å². The molecular weight excluding hydrogens is 642 g/mol. The number of para-hydroxylation sites is 1. The fraction of sp³-hybridized carbons (Fsp3) is 0.448. The molecule has 12 nitrogen and oxygen atoms in total. The van der Waals surface area contributed by atoms with E-state index in [-0.39, 0.29) is 11.9 Å². The number of amides is 1. The van der Waals surface area contributed by atoms with Crippen LogP contribution >= 0.6 is 0 Å². The molecule has 0 saturated heterocycles. The van der Waals surface area contributed by atoms with Gasteiger partial charge in [0.25, 0.3) is 0 Å². The minimum absolute atomic E-state index is 0.0668. The molecule has 262 valence electrons. The molecule has 1 aliphatic rings. The number of halogens is 6. The van der Waals surface area contributed by atoms with Crippen molar-refractivity contribution in [3.63, 3.8) is 0 Å². The van der Waals surface area contributed by atoms with Crippen molar-refractivity contribution in [1.29, 1.82) is 0 Å². The zero-order chi connectivity index (χ0) is 35.5. The lowest BCUT2D eigenvalue weighted by Gasteiger charge is -2.31. The van der Waals surface area contributed by atoms with Crippen molar-refractivity contribution in [1.82, 2.24) is 15.5 Å². The number of carbonyl (C=O) groups excluding carboxylic acids is 1. The molecule has 3 rings (SSSR count). The second-order valence-electron chi connectivity index (χ2n) is 9.56. The molecule has 6 N–H and O–H groups in total. The maximum Gasteiger partial charge on any atom is 0.490 e. The molecule has 18 heteroatoms. The van der Waals surface area contributed by atoms with E-state index in [1.165, 1.54) is 0 Å².